The standard InChI is InChI=1S/C15H13FO4/c16-13-6-1-2-7-14(13)20-9-8-19-12-5-3-4-11(10-12)15(17)18/h1-7,10H,8-9H2,(H,17,18). The van der Waals surface area contributed by atoms with Crippen molar-refractivity contribution in [1.29, 1.82) is 0 Å². The van der Waals surface area contributed by atoms with Crippen molar-refractivity contribution < 1.29 is 23.8 Å². The van der Waals surface area contributed by atoms with Crippen LogP contribution >= 0.6 is 0 Å². The first kappa shape index (κ1) is 13.9. The van der Waals surface area contributed by atoms with Crippen molar-refractivity contribution in [2.24, 2.45) is 0 Å². The summed E-state index contributed by atoms with van der Waals surface area (Å²) in [6.45, 7) is 0.357. The average molecular weight is 276 g/mol. The molecule has 0 radical (unpaired) electrons. The molecule has 0 heterocycles. The minimum absolute atomic E-state index is 0.150. The van der Waals surface area contributed by atoms with E-state index in [4.69, 9.17) is 14.6 Å². The molecule has 0 amide bonds. The minimum atomic E-state index is -1.02. The normalized spacial score (nSPS) is 10.1. The average Bonchev–Trinajstić information content (AvgIpc) is 2.45. The smallest absolute Gasteiger partial charge is 0.335 e. The van der Waals surface area contributed by atoms with Crippen molar-refractivity contribution in [2.45, 2.75) is 0 Å². The van der Waals surface area contributed by atoms with Gasteiger partial charge in [-0.3, -0.25) is 0 Å². The lowest BCUT2D eigenvalue weighted by Gasteiger charge is -2.09. The quantitative estimate of drug-likeness (QED) is 0.824. The van der Waals surface area contributed by atoms with Gasteiger partial charge in [0.2, 0.25) is 0 Å². The number of carboxylic acids is 1. The molecule has 0 fully saturated rings. The maximum atomic E-state index is 13.3. The highest BCUT2D eigenvalue weighted by atomic mass is 19.1. The molecule has 0 bridgehead atoms. The number of carbonyl (C=O) groups is 1. The number of rotatable bonds is 6. The van der Waals surface area contributed by atoms with E-state index < -0.39 is 11.8 Å². The highest BCUT2D eigenvalue weighted by molar-refractivity contribution is 5.87. The first-order valence-electron chi connectivity index (χ1n) is 6.00. The Morgan fingerprint density at radius 1 is 1.05 bits per heavy atom. The molecule has 4 nitrogen and oxygen atoms in total. The molecule has 0 atom stereocenters. The van der Waals surface area contributed by atoms with E-state index >= 15 is 0 Å². The Morgan fingerprint density at radius 2 is 1.80 bits per heavy atom. The highest BCUT2D eigenvalue weighted by Crippen LogP contribution is 2.16. The fourth-order valence-corrected chi connectivity index (χ4v) is 1.59. The number of para-hydroxylation sites is 1. The van der Waals surface area contributed by atoms with Crippen LogP contribution in [0.25, 0.3) is 0 Å². The van der Waals surface area contributed by atoms with E-state index in [0.717, 1.165) is 0 Å². The molecule has 0 unspecified atom stereocenters. The fourth-order valence-electron chi connectivity index (χ4n) is 1.59. The summed E-state index contributed by atoms with van der Waals surface area (Å²) < 4.78 is 23.8. The molecule has 5 heteroatoms. The lowest BCUT2D eigenvalue weighted by molar-refractivity contribution is 0.0696. The fraction of sp³-hybridized carbons (Fsp3) is 0.133. The van der Waals surface area contributed by atoms with Crippen LogP contribution in [0.1, 0.15) is 10.4 Å². The summed E-state index contributed by atoms with van der Waals surface area (Å²) in [5, 5.41) is 8.84. The van der Waals surface area contributed by atoms with Gasteiger partial charge in [-0.15, -0.1) is 0 Å². The van der Waals surface area contributed by atoms with Crippen LogP contribution in [0, 0.1) is 5.82 Å². The van der Waals surface area contributed by atoms with Crippen LogP contribution in [-0.2, 0) is 0 Å². The van der Waals surface area contributed by atoms with Crippen LogP contribution in [0.5, 0.6) is 11.5 Å². The number of benzene rings is 2. The van der Waals surface area contributed by atoms with Gasteiger partial charge in [-0.25, -0.2) is 9.18 Å². The largest absolute Gasteiger partial charge is 0.490 e. The third kappa shape index (κ3) is 3.71. The molecule has 0 aliphatic heterocycles. The van der Waals surface area contributed by atoms with Gasteiger partial charge in [0.25, 0.3) is 0 Å². The van der Waals surface area contributed by atoms with Crippen LogP contribution in [0.4, 0.5) is 4.39 Å². The molecule has 0 spiro atoms. The maximum absolute atomic E-state index is 13.3. The van der Waals surface area contributed by atoms with E-state index in [-0.39, 0.29) is 24.5 Å². The van der Waals surface area contributed by atoms with E-state index in [1.807, 2.05) is 0 Å². The zero-order valence-corrected chi connectivity index (χ0v) is 10.6. The lowest BCUT2D eigenvalue weighted by atomic mass is 10.2. The summed E-state index contributed by atoms with van der Waals surface area (Å²) in [4.78, 5) is 10.8. The van der Waals surface area contributed by atoms with Gasteiger partial charge in [0.05, 0.1) is 5.56 Å². The number of carboxylic acid groups (broad SMARTS) is 1. The van der Waals surface area contributed by atoms with Gasteiger partial charge in [-0.1, -0.05) is 18.2 Å². The maximum Gasteiger partial charge on any atom is 0.335 e. The van der Waals surface area contributed by atoms with Crippen LogP contribution < -0.4 is 9.47 Å². The van der Waals surface area contributed by atoms with Gasteiger partial charge in [0.1, 0.15) is 19.0 Å². The van der Waals surface area contributed by atoms with Gasteiger partial charge in [0.15, 0.2) is 11.6 Å². The second kappa shape index (κ2) is 6.56. The van der Waals surface area contributed by atoms with Crippen molar-refractivity contribution in [2.75, 3.05) is 13.2 Å². The third-order valence-corrected chi connectivity index (χ3v) is 2.53. The molecular weight excluding hydrogens is 263 g/mol. The van der Waals surface area contributed by atoms with Crippen molar-refractivity contribution in [3.63, 3.8) is 0 Å². The Labute approximate surface area is 115 Å². The predicted molar refractivity (Wildman–Crippen MR) is 70.8 cm³/mol. The Hall–Kier alpha value is -2.56. The lowest BCUT2D eigenvalue weighted by Crippen LogP contribution is -2.10. The number of ether oxygens (including phenoxy) is 2. The zero-order valence-electron chi connectivity index (χ0n) is 10.6. The first-order valence-corrected chi connectivity index (χ1v) is 6.00. The minimum Gasteiger partial charge on any atom is -0.490 e. The zero-order chi connectivity index (χ0) is 14.4. The first-order chi connectivity index (χ1) is 9.66. The van der Waals surface area contributed by atoms with Gasteiger partial charge in [-0.2, -0.15) is 0 Å². The summed E-state index contributed by atoms with van der Waals surface area (Å²) in [5.41, 5.74) is 0.150. The molecule has 0 aliphatic carbocycles. The molecule has 0 aromatic heterocycles. The summed E-state index contributed by atoms with van der Waals surface area (Å²) in [7, 11) is 0. The van der Waals surface area contributed by atoms with Crippen LogP contribution in [0.3, 0.4) is 0 Å². The molecule has 2 aromatic rings. The van der Waals surface area contributed by atoms with E-state index in [1.54, 1.807) is 24.3 Å². The van der Waals surface area contributed by atoms with Gasteiger partial charge < -0.3 is 14.6 Å². The van der Waals surface area contributed by atoms with Crippen molar-refractivity contribution in [1.82, 2.24) is 0 Å². The van der Waals surface area contributed by atoms with Crippen LogP contribution in [0.2, 0.25) is 0 Å². The Bertz CT molecular complexity index is 598. The monoisotopic (exact) mass is 276 g/mol. The molecule has 2 aromatic carbocycles. The van der Waals surface area contributed by atoms with E-state index in [1.165, 1.54) is 24.3 Å². The van der Waals surface area contributed by atoms with E-state index in [9.17, 15) is 9.18 Å². The summed E-state index contributed by atoms with van der Waals surface area (Å²) >= 11 is 0. The van der Waals surface area contributed by atoms with Crippen LogP contribution in [-0.4, -0.2) is 24.3 Å². The molecule has 0 aliphatic rings. The van der Waals surface area contributed by atoms with E-state index in [0.29, 0.717) is 5.75 Å². The highest BCUT2D eigenvalue weighted by Gasteiger charge is 2.04. The topological polar surface area (TPSA) is 55.8 Å². The Kier molecular flexibility index (Phi) is 4.55. The van der Waals surface area contributed by atoms with Gasteiger partial charge in [0, 0.05) is 0 Å². The summed E-state index contributed by atoms with van der Waals surface area (Å²) in [6, 6.07) is 12.2. The summed E-state index contributed by atoms with van der Waals surface area (Å²) in [5.74, 6) is -0.851. The van der Waals surface area contributed by atoms with Gasteiger partial charge >= 0.3 is 5.97 Å². The summed E-state index contributed by atoms with van der Waals surface area (Å²) in [6.07, 6.45) is 0. The molecule has 0 saturated heterocycles. The van der Waals surface area contributed by atoms with Crippen molar-refractivity contribution in [3.8, 4) is 11.5 Å². The van der Waals surface area contributed by atoms with Crippen LogP contribution in [0.15, 0.2) is 48.5 Å². The number of hydrogen-bond donors (Lipinski definition) is 1. The Morgan fingerprint density at radius 3 is 2.55 bits per heavy atom. The van der Waals surface area contributed by atoms with Gasteiger partial charge in [-0.05, 0) is 30.3 Å². The molecule has 104 valence electrons. The molecule has 20 heavy (non-hydrogen) atoms. The van der Waals surface area contributed by atoms with E-state index in [2.05, 4.69) is 0 Å². The molecule has 1 N–H and O–H groups in total. The SMILES string of the molecule is O=C(O)c1cccc(OCCOc2ccccc2F)c1. The second-order valence-corrected chi connectivity index (χ2v) is 3.96. The molecule has 0 saturated carbocycles. The number of halogens is 1. The van der Waals surface area contributed by atoms with Crippen molar-refractivity contribution >= 4 is 5.97 Å². The molecule has 2 rings (SSSR count). The number of aromatic carboxylic acids is 1. The number of hydrogen-bond acceptors (Lipinski definition) is 3. The second-order valence-electron chi connectivity index (χ2n) is 3.96. The molecular formula is C15H13FO4. The predicted octanol–water partition coefficient (Wildman–Crippen LogP) is 2.98. The van der Waals surface area contributed by atoms with Crippen molar-refractivity contribution in [3.05, 3.63) is 59.9 Å². The third-order valence-electron chi connectivity index (χ3n) is 2.53. The Balaban J connectivity index is 1.83.